The second-order valence-electron chi connectivity index (χ2n) is 3.38. The third-order valence-corrected chi connectivity index (χ3v) is 2.01. The first-order chi connectivity index (χ1) is 6.33. The predicted molar refractivity (Wildman–Crippen MR) is 52.1 cm³/mol. The van der Waals surface area contributed by atoms with Crippen molar-refractivity contribution in [2.45, 2.75) is 19.3 Å². The fraction of sp³-hybridized carbons (Fsp3) is 0.700. The van der Waals surface area contributed by atoms with Gasteiger partial charge in [0.05, 0.1) is 6.54 Å². The molecule has 0 bridgehead atoms. The first-order valence-corrected chi connectivity index (χ1v) is 4.74. The average molecular weight is 180 g/mol. The fourth-order valence-corrected chi connectivity index (χ4v) is 1.05. The van der Waals surface area contributed by atoms with E-state index in [4.69, 9.17) is 6.42 Å². The minimum atomic E-state index is 0.0379. The Morgan fingerprint density at radius 1 is 1.54 bits per heavy atom. The van der Waals surface area contributed by atoms with E-state index < -0.39 is 0 Å². The first-order valence-electron chi connectivity index (χ1n) is 4.74. The minimum absolute atomic E-state index is 0.0379. The number of carbonyl (C=O) groups excluding carboxylic acids is 1. The summed E-state index contributed by atoms with van der Waals surface area (Å²) >= 11 is 0. The SMILES string of the molecule is C#CCCNC(=O)CNCC1CC1. The van der Waals surface area contributed by atoms with Gasteiger partial charge in [-0.15, -0.1) is 12.3 Å². The molecule has 0 unspecified atom stereocenters. The zero-order valence-electron chi connectivity index (χ0n) is 7.81. The van der Waals surface area contributed by atoms with Crippen LogP contribution in [-0.4, -0.2) is 25.5 Å². The molecule has 0 aromatic heterocycles. The summed E-state index contributed by atoms with van der Waals surface area (Å²) in [6, 6.07) is 0. The lowest BCUT2D eigenvalue weighted by Gasteiger charge is -2.03. The van der Waals surface area contributed by atoms with Crippen LogP contribution in [0, 0.1) is 18.3 Å². The van der Waals surface area contributed by atoms with Crippen molar-refractivity contribution in [3.63, 3.8) is 0 Å². The Labute approximate surface area is 79.3 Å². The van der Waals surface area contributed by atoms with Crippen LogP contribution in [0.3, 0.4) is 0 Å². The number of rotatable bonds is 6. The maximum atomic E-state index is 11.1. The quantitative estimate of drug-likeness (QED) is 0.450. The van der Waals surface area contributed by atoms with Gasteiger partial charge < -0.3 is 10.6 Å². The average Bonchev–Trinajstić information content (AvgIpc) is 2.89. The van der Waals surface area contributed by atoms with Gasteiger partial charge >= 0.3 is 0 Å². The summed E-state index contributed by atoms with van der Waals surface area (Å²) in [7, 11) is 0. The molecule has 1 rings (SSSR count). The van der Waals surface area contributed by atoms with Gasteiger partial charge in [-0.2, -0.15) is 0 Å². The largest absolute Gasteiger partial charge is 0.354 e. The maximum Gasteiger partial charge on any atom is 0.233 e. The summed E-state index contributed by atoms with van der Waals surface area (Å²) in [4.78, 5) is 11.1. The van der Waals surface area contributed by atoms with Gasteiger partial charge in [0.25, 0.3) is 0 Å². The van der Waals surface area contributed by atoms with Gasteiger partial charge in [-0.1, -0.05) is 0 Å². The highest BCUT2D eigenvalue weighted by Crippen LogP contribution is 2.27. The molecule has 3 heteroatoms. The summed E-state index contributed by atoms with van der Waals surface area (Å²) < 4.78 is 0. The molecule has 72 valence electrons. The zero-order valence-corrected chi connectivity index (χ0v) is 7.81. The summed E-state index contributed by atoms with van der Waals surface area (Å²) in [6.07, 6.45) is 8.27. The second kappa shape index (κ2) is 5.60. The van der Waals surface area contributed by atoms with Crippen molar-refractivity contribution in [3.8, 4) is 12.3 Å². The van der Waals surface area contributed by atoms with Gasteiger partial charge in [0.2, 0.25) is 5.91 Å². The molecule has 0 aromatic carbocycles. The van der Waals surface area contributed by atoms with E-state index in [0.29, 0.717) is 19.5 Å². The van der Waals surface area contributed by atoms with Crippen molar-refractivity contribution in [3.05, 3.63) is 0 Å². The monoisotopic (exact) mass is 180 g/mol. The van der Waals surface area contributed by atoms with Gasteiger partial charge in [-0.05, 0) is 25.3 Å². The standard InChI is InChI=1S/C10H16N2O/c1-2-3-6-12-10(13)8-11-7-9-4-5-9/h1,9,11H,3-8H2,(H,12,13). The molecule has 0 saturated heterocycles. The van der Waals surface area contributed by atoms with Crippen LogP contribution in [0.2, 0.25) is 0 Å². The van der Waals surface area contributed by atoms with Gasteiger partial charge in [0.1, 0.15) is 0 Å². The Bertz CT molecular complexity index is 203. The molecular formula is C10H16N2O. The Balaban J connectivity index is 1.88. The molecule has 2 N–H and O–H groups in total. The molecule has 1 aliphatic rings. The van der Waals surface area contributed by atoms with E-state index in [1.54, 1.807) is 0 Å². The number of nitrogens with one attached hydrogen (secondary N) is 2. The molecule has 0 aliphatic heterocycles. The summed E-state index contributed by atoms with van der Waals surface area (Å²) in [6.45, 7) is 1.98. The molecule has 1 amide bonds. The van der Waals surface area contributed by atoms with Gasteiger partial charge in [-0.3, -0.25) is 4.79 Å². The van der Waals surface area contributed by atoms with E-state index in [-0.39, 0.29) is 5.91 Å². The third-order valence-electron chi connectivity index (χ3n) is 2.01. The highest BCUT2D eigenvalue weighted by molar-refractivity contribution is 5.77. The first kappa shape index (κ1) is 10.1. The fourth-order valence-electron chi connectivity index (χ4n) is 1.05. The lowest BCUT2D eigenvalue weighted by Crippen LogP contribution is -2.35. The van der Waals surface area contributed by atoms with E-state index in [1.165, 1.54) is 12.8 Å². The number of carbonyl (C=O) groups is 1. The van der Waals surface area contributed by atoms with E-state index in [1.807, 2.05) is 0 Å². The molecule has 13 heavy (non-hydrogen) atoms. The number of amides is 1. The smallest absolute Gasteiger partial charge is 0.233 e. The summed E-state index contributed by atoms with van der Waals surface area (Å²) in [5.74, 6) is 3.33. The van der Waals surface area contributed by atoms with E-state index in [2.05, 4.69) is 16.6 Å². The van der Waals surface area contributed by atoms with Crippen molar-refractivity contribution < 1.29 is 4.79 Å². The Morgan fingerprint density at radius 3 is 2.92 bits per heavy atom. The van der Waals surface area contributed by atoms with Crippen LogP contribution in [0.5, 0.6) is 0 Å². The van der Waals surface area contributed by atoms with Gasteiger partial charge in [-0.25, -0.2) is 0 Å². The molecule has 0 aromatic rings. The Hall–Kier alpha value is -1.01. The van der Waals surface area contributed by atoms with Crippen molar-refractivity contribution in [1.29, 1.82) is 0 Å². The molecule has 0 heterocycles. The minimum Gasteiger partial charge on any atom is -0.354 e. The van der Waals surface area contributed by atoms with Crippen LogP contribution in [0.1, 0.15) is 19.3 Å². The van der Waals surface area contributed by atoms with Gasteiger partial charge in [0.15, 0.2) is 0 Å². The van der Waals surface area contributed by atoms with Crippen LogP contribution in [0.25, 0.3) is 0 Å². The van der Waals surface area contributed by atoms with Crippen molar-refractivity contribution in [2.75, 3.05) is 19.6 Å². The van der Waals surface area contributed by atoms with Crippen LogP contribution in [0.4, 0.5) is 0 Å². The lowest BCUT2D eigenvalue weighted by atomic mass is 10.4. The Kier molecular flexibility index (Phi) is 4.34. The Morgan fingerprint density at radius 2 is 2.31 bits per heavy atom. The molecule has 0 spiro atoms. The lowest BCUT2D eigenvalue weighted by molar-refractivity contribution is -0.120. The second-order valence-corrected chi connectivity index (χ2v) is 3.38. The van der Waals surface area contributed by atoms with Crippen LogP contribution in [0.15, 0.2) is 0 Å². The summed E-state index contributed by atoms with van der Waals surface area (Å²) in [5.41, 5.74) is 0. The summed E-state index contributed by atoms with van der Waals surface area (Å²) in [5, 5.41) is 5.84. The molecular weight excluding hydrogens is 164 g/mol. The van der Waals surface area contributed by atoms with Crippen molar-refractivity contribution in [1.82, 2.24) is 10.6 Å². The molecule has 0 atom stereocenters. The molecule has 0 radical (unpaired) electrons. The van der Waals surface area contributed by atoms with Crippen molar-refractivity contribution >= 4 is 5.91 Å². The maximum absolute atomic E-state index is 11.1. The van der Waals surface area contributed by atoms with E-state index >= 15 is 0 Å². The van der Waals surface area contributed by atoms with E-state index in [0.717, 1.165) is 12.5 Å². The van der Waals surface area contributed by atoms with Gasteiger partial charge in [0, 0.05) is 13.0 Å². The molecule has 1 saturated carbocycles. The number of hydrogen-bond acceptors (Lipinski definition) is 2. The molecule has 1 fully saturated rings. The van der Waals surface area contributed by atoms with E-state index in [9.17, 15) is 4.79 Å². The zero-order chi connectivity index (χ0) is 9.52. The third kappa shape index (κ3) is 5.26. The highest BCUT2D eigenvalue weighted by atomic mass is 16.1. The van der Waals surface area contributed by atoms with Crippen molar-refractivity contribution in [2.24, 2.45) is 5.92 Å². The molecule has 1 aliphatic carbocycles. The van der Waals surface area contributed by atoms with Crippen LogP contribution < -0.4 is 10.6 Å². The highest BCUT2D eigenvalue weighted by Gasteiger charge is 2.20. The topological polar surface area (TPSA) is 41.1 Å². The predicted octanol–water partition coefficient (Wildman–Crippen LogP) is 0.125. The molecule has 3 nitrogen and oxygen atoms in total. The van der Waals surface area contributed by atoms with Crippen LogP contribution in [-0.2, 0) is 4.79 Å². The normalized spacial score (nSPS) is 15.0. The van der Waals surface area contributed by atoms with Crippen LogP contribution >= 0.6 is 0 Å². The number of terminal acetylenes is 1. The number of hydrogen-bond donors (Lipinski definition) is 2.